The zero-order chi connectivity index (χ0) is 17.9. The lowest BCUT2D eigenvalue weighted by Gasteiger charge is -2.19. The Balaban J connectivity index is 0. The summed E-state index contributed by atoms with van der Waals surface area (Å²) in [6.07, 6.45) is 3.41. The number of carbonyl (C=O) groups excluding carboxylic acids is 2. The molecule has 1 unspecified atom stereocenters. The zero-order valence-corrected chi connectivity index (χ0v) is 14.0. The lowest BCUT2D eigenvalue weighted by Crippen LogP contribution is -2.43. The second-order valence-corrected chi connectivity index (χ2v) is 5.45. The van der Waals surface area contributed by atoms with Crippen LogP contribution in [-0.4, -0.2) is 44.8 Å². The van der Waals surface area contributed by atoms with Gasteiger partial charge in [-0.15, -0.1) is 0 Å². The summed E-state index contributed by atoms with van der Waals surface area (Å²) in [7, 11) is 0. The highest BCUT2D eigenvalue weighted by atomic mass is 16.6. The SMILES string of the molecule is CCCCCCCCC(=O)OC(=O)CC(O)(CC(=O)O)C(=O)O.N. The van der Waals surface area contributed by atoms with E-state index in [-0.39, 0.29) is 12.6 Å². The van der Waals surface area contributed by atoms with Gasteiger partial charge in [0.2, 0.25) is 0 Å². The molecule has 0 aromatic rings. The van der Waals surface area contributed by atoms with Crippen LogP contribution in [0.25, 0.3) is 0 Å². The fourth-order valence-corrected chi connectivity index (χ4v) is 1.97. The number of ether oxygens (including phenoxy) is 1. The highest BCUT2D eigenvalue weighted by molar-refractivity contribution is 5.92. The smallest absolute Gasteiger partial charge is 0.336 e. The summed E-state index contributed by atoms with van der Waals surface area (Å²) in [5.74, 6) is -5.51. The molecule has 0 bridgehead atoms. The molecule has 9 nitrogen and oxygen atoms in total. The largest absolute Gasteiger partial charge is 0.481 e. The number of unbranched alkanes of at least 4 members (excludes halogenated alkanes) is 5. The Hall–Kier alpha value is -2.00. The van der Waals surface area contributed by atoms with Crippen molar-refractivity contribution in [1.82, 2.24) is 6.15 Å². The molecule has 9 heteroatoms. The van der Waals surface area contributed by atoms with E-state index in [9.17, 15) is 24.3 Å². The fraction of sp³-hybridized carbons (Fsp3) is 0.733. The molecule has 0 amide bonds. The summed E-state index contributed by atoms with van der Waals surface area (Å²) < 4.78 is 4.41. The topological polar surface area (TPSA) is 173 Å². The van der Waals surface area contributed by atoms with Crippen molar-refractivity contribution >= 4 is 23.9 Å². The van der Waals surface area contributed by atoms with Crippen LogP contribution in [0.5, 0.6) is 0 Å². The highest BCUT2D eigenvalue weighted by Gasteiger charge is 2.41. The van der Waals surface area contributed by atoms with Crippen LogP contribution in [-0.2, 0) is 23.9 Å². The summed E-state index contributed by atoms with van der Waals surface area (Å²) >= 11 is 0. The Kier molecular flexibility index (Phi) is 12.6. The Morgan fingerprint density at radius 2 is 1.42 bits per heavy atom. The minimum atomic E-state index is -2.79. The van der Waals surface area contributed by atoms with E-state index in [0.717, 1.165) is 32.1 Å². The van der Waals surface area contributed by atoms with Crippen LogP contribution in [0.3, 0.4) is 0 Å². The molecule has 0 aliphatic heterocycles. The normalized spacial score (nSPS) is 12.6. The lowest BCUT2D eigenvalue weighted by molar-refractivity contribution is -0.174. The summed E-state index contributed by atoms with van der Waals surface area (Å²) in [5, 5.41) is 27.0. The maximum atomic E-state index is 11.5. The molecule has 24 heavy (non-hydrogen) atoms. The van der Waals surface area contributed by atoms with Crippen molar-refractivity contribution < 1.29 is 39.2 Å². The van der Waals surface area contributed by atoms with Gasteiger partial charge in [-0.3, -0.25) is 14.4 Å². The number of esters is 2. The van der Waals surface area contributed by atoms with Crippen molar-refractivity contribution in [2.24, 2.45) is 0 Å². The number of rotatable bonds is 12. The molecular weight excluding hydrogens is 322 g/mol. The molecule has 0 radical (unpaired) electrons. The molecule has 0 spiro atoms. The number of carbonyl (C=O) groups is 4. The quantitative estimate of drug-likeness (QED) is 0.232. The summed E-state index contributed by atoms with van der Waals surface area (Å²) in [6.45, 7) is 2.09. The van der Waals surface area contributed by atoms with Crippen LogP contribution in [0.1, 0.15) is 64.7 Å². The van der Waals surface area contributed by atoms with Crippen molar-refractivity contribution in [3.05, 3.63) is 0 Å². The van der Waals surface area contributed by atoms with Gasteiger partial charge in [0.25, 0.3) is 0 Å². The van der Waals surface area contributed by atoms with Crippen LogP contribution >= 0.6 is 0 Å². The minimum absolute atomic E-state index is 0. The third-order valence-electron chi connectivity index (χ3n) is 3.24. The molecule has 0 aliphatic carbocycles. The van der Waals surface area contributed by atoms with E-state index in [4.69, 9.17) is 10.2 Å². The van der Waals surface area contributed by atoms with Gasteiger partial charge in [-0.25, -0.2) is 4.79 Å². The number of carboxylic acid groups (broad SMARTS) is 2. The van der Waals surface area contributed by atoms with Crippen molar-refractivity contribution in [3.63, 3.8) is 0 Å². The van der Waals surface area contributed by atoms with Crippen molar-refractivity contribution in [2.75, 3.05) is 0 Å². The maximum absolute atomic E-state index is 11.5. The number of aliphatic carboxylic acids is 2. The highest BCUT2D eigenvalue weighted by Crippen LogP contribution is 2.17. The van der Waals surface area contributed by atoms with Gasteiger partial charge in [0, 0.05) is 6.42 Å². The molecule has 1 atom stereocenters. The van der Waals surface area contributed by atoms with E-state index < -0.39 is 42.3 Å². The van der Waals surface area contributed by atoms with E-state index in [2.05, 4.69) is 11.7 Å². The molecule has 0 aromatic heterocycles. The Morgan fingerprint density at radius 3 is 1.92 bits per heavy atom. The van der Waals surface area contributed by atoms with Gasteiger partial charge in [-0.1, -0.05) is 39.0 Å². The van der Waals surface area contributed by atoms with E-state index in [1.165, 1.54) is 0 Å². The third kappa shape index (κ3) is 10.7. The molecule has 0 aromatic carbocycles. The van der Waals surface area contributed by atoms with E-state index in [1.54, 1.807) is 0 Å². The first-order chi connectivity index (χ1) is 10.7. The molecule has 0 saturated carbocycles. The Morgan fingerprint density at radius 1 is 0.875 bits per heavy atom. The van der Waals surface area contributed by atoms with Crippen molar-refractivity contribution in [3.8, 4) is 0 Å². The van der Waals surface area contributed by atoms with Gasteiger partial charge in [0.15, 0.2) is 5.60 Å². The molecule has 140 valence electrons. The standard InChI is InChI=1S/C15H24O8.H3N/c1-2-3-4-5-6-7-8-12(18)23-13(19)10-15(22,14(20)21)9-11(16)17;/h22H,2-10H2,1H3,(H,16,17)(H,20,21);1H3. The van der Waals surface area contributed by atoms with E-state index in [1.807, 2.05) is 0 Å². The molecular formula is C15H27NO8. The van der Waals surface area contributed by atoms with Crippen LogP contribution in [0.15, 0.2) is 0 Å². The van der Waals surface area contributed by atoms with E-state index >= 15 is 0 Å². The average molecular weight is 349 g/mol. The lowest BCUT2D eigenvalue weighted by atomic mass is 9.96. The number of aliphatic hydroxyl groups is 1. The summed E-state index contributed by atoms with van der Waals surface area (Å²) in [4.78, 5) is 44.3. The molecule has 0 rings (SSSR count). The molecule has 0 heterocycles. The molecule has 0 fully saturated rings. The van der Waals surface area contributed by atoms with Gasteiger partial charge in [-0.2, -0.15) is 0 Å². The fourth-order valence-electron chi connectivity index (χ4n) is 1.97. The molecule has 6 N–H and O–H groups in total. The monoisotopic (exact) mass is 349 g/mol. The predicted octanol–water partition coefficient (Wildman–Crippen LogP) is 1.65. The van der Waals surface area contributed by atoms with Crippen molar-refractivity contribution in [1.29, 1.82) is 0 Å². The summed E-state index contributed by atoms with van der Waals surface area (Å²) in [6, 6.07) is 0. The number of carboxylic acids is 2. The van der Waals surface area contributed by atoms with Crippen LogP contribution in [0.2, 0.25) is 0 Å². The predicted molar refractivity (Wildman–Crippen MR) is 83.6 cm³/mol. The van der Waals surface area contributed by atoms with Gasteiger partial charge in [0.05, 0.1) is 12.8 Å². The average Bonchev–Trinajstić information content (AvgIpc) is 2.41. The first-order valence-corrected chi connectivity index (χ1v) is 7.62. The van der Waals surface area contributed by atoms with Crippen LogP contribution in [0.4, 0.5) is 0 Å². The van der Waals surface area contributed by atoms with Gasteiger partial charge < -0.3 is 26.2 Å². The first-order valence-electron chi connectivity index (χ1n) is 7.62. The van der Waals surface area contributed by atoms with Crippen LogP contribution < -0.4 is 6.15 Å². The van der Waals surface area contributed by atoms with E-state index in [0.29, 0.717) is 6.42 Å². The molecule has 0 saturated heterocycles. The first kappa shape index (κ1) is 24.3. The second-order valence-electron chi connectivity index (χ2n) is 5.45. The van der Waals surface area contributed by atoms with Gasteiger partial charge in [0.1, 0.15) is 0 Å². The zero-order valence-electron chi connectivity index (χ0n) is 14.0. The van der Waals surface area contributed by atoms with Gasteiger partial charge in [-0.05, 0) is 6.42 Å². The molecule has 0 aliphatic rings. The second kappa shape index (κ2) is 12.4. The number of hydrogen-bond donors (Lipinski definition) is 4. The maximum Gasteiger partial charge on any atom is 0.336 e. The minimum Gasteiger partial charge on any atom is -0.481 e. The summed E-state index contributed by atoms with van der Waals surface area (Å²) in [5.41, 5.74) is -2.79. The third-order valence-corrected chi connectivity index (χ3v) is 3.24. The number of hydrogen-bond acceptors (Lipinski definition) is 7. The Bertz CT molecular complexity index is 437. The Labute approximate surface area is 140 Å². The van der Waals surface area contributed by atoms with Crippen molar-refractivity contribution in [2.45, 2.75) is 70.3 Å². The van der Waals surface area contributed by atoms with Gasteiger partial charge >= 0.3 is 23.9 Å². The van der Waals surface area contributed by atoms with Crippen LogP contribution in [0, 0.1) is 0 Å².